The molecule has 0 aromatic heterocycles. The maximum atomic E-state index is 12.3. The zero-order valence-electron chi connectivity index (χ0n) is 10.4. The number of ketones is 1. The summed E-state index contributed by atoms with van der Waals surface area (Å²) in [6, 6.07) is 5.54. The molecule has 0 saturated heterocycles. The van der Waals surface area contributed by atoms with Gasteiger partial charge in [0.2, 0.25) is 5.60 Å². The zero-order chi connectivity index (χ0) is 12.9. The Kier molecular flexibility index (Phi) is 2.24. The standard InChI is InChI=1S/C14H14O4/c1-3-8-4-5-11-9(6-8)12(15)10-7-14(10,18-11)13(16)17-2/h4-6,10H,3,7H2,1-2H3/t10-,14+/m1/s1. The van der Waals surface area contributed by atoms with Gasteiger partial charge in [0.25, 0.3) is 0 Å². The lowest BCUT2D eigenvalue weighted by Crippen LogP contribution is -2.38. The number of fused-ring (bicyclic) bond motifs is 2. The molecule has 4 nitrogen and oxygen atoms in total. The fraction of sp³-hybridized carbons (Fsp3) is 0.429. The van der Waals surface area contributed by atoms with Crippen molar-refractivity contribution < 1.29 is 19.1 Å². The van der Waals surface area contributed by atoms with Gasteiger partial charge in [0.1, 0.15) is 5.75 Å². The quantitative estimate of drug-likeness (QED) is 0.746. The number of Topliss-reactive ketones (excluding diaryl/α,β-unsaturated/α-hetero) is 1. The van der Waals surface area contributed by atoms with Crippen molar-refractivity contribution in [3.8, 4) is 5.75 Å². The average Bonchev–Trinajstić information content (AvgIpc) is 3.14. The van der Waals surface area contributed by atoms with Crippen molar-refractivity contribution in [3.63, 3.8) is 0 Å². The largest absolute Gasteiger partial charge is 0.474 e. The Labute approximate surface area is 105 Å². The first-order valence-electron chi connectivity index (χ1n) is 6.07. The molecule has 2 atom stereocenters. The van der Waals surface area contributed by atoms with Crippen LogP contribution in [0.15, 0.2) is 18.2 Å². The smallest absolute Gasteiger partial charge is 0.351 e. The molecule has 1 fully saturated rings. The van der Waals surface area contributed by atoms with Gasteiger partial charge in [-0.2, -0.15) is 0 Å². The number of carbonyl (C=O) groups excluding carboxylic acids is 2. The Morgan fingerprint density at radius 2 is 2.33 bits per heavy atom. The summed E-state index contributed by atoms with van der Waals surface area (Å²) in [5.41, 5.74) is 0.639. The first-order valence-corrected chi connectivity index (χ1v) is 6.07. The van der Waals surface area contributed by atoms with Gasteiger partial charge in [0.05, 0.1) is 18.6 Å². The Morgan fingerprint density at radius 1 is 1.56 bits per heavy atom. The Bertz CT molecular complexity index is 549. The molecule has 1 aromatic rings. The molecular formula is C14H14O4. The molecule has 1 aliphatic heterocycles. The first-order chi connectivity index (χ1) is 8.62. The van der Waals surface area contributed by atoms with Crippen molar-refractivity contribution in [2.45, 2.75) is 25.4 Å². The Hall–Kier alpha value is -1.84. The molecule has 3 rings (SSSR count). The van der Waals surface area contributed by atoms with E-state index in [1.807, 2.05) is 19.1 Å². The van der Waals surface area contributed by atoms with Gasteiger partial charge in [-0.15, -0.1) is 0 Å². The summed E-state index contributed by atoms with van der Waals surface area (Å²) in [5, 5.41) is 0. The molecule has 0 amide bonds. The summed E-state index contributed by atoms with van der Waals surface area (Å²) in [7, 11) is 1.32. The van der Waals surface area contributed by atoms with Crippen LogP contribution in [0.3, 0.4) is 0 Å². The number of carbonyl (C=O) groups is 2. The minimum absolute atomic E-state index is 0.00282. The van der Waals surface area contributed by atoms with E-state index in [0.717, 1.165) is 12.0 Å². The lowest BCUT2D eigenvalue weighted by molar-refractivity contribution is -0.151. The van der Waals surface area contributed by atoms with E-state index in [1.54, 1.807) is 6.07 Å². The van der Waals surface area contributed by atoms with Crippen LogP contribution in [0.1, 0.15) is 29.3 Å². The third-order valence-corrected chi connectivity index (χ3v) is 3.77. The van der Waals surface area contributed by atoms with Gasteiger partial charge in [0, 0.05) is 6.42 Å². The van der Waals surface area contributed by atoms with E-state index < -0.39 is 11.6 Å². The van der Waals surface area contributed by atoms with Crippen LogP contribution in [0.25, 0.3) is 0 Å². The summed E-state index contributed by atoms with van der Waals surface area (Å²) in [6.45, 7) is 2.03. The number of aryl methyl sites for hydroxylation is 1. The van der Waals surface area contributed by atoms with Gasteiger partial charge in [0.15, 0.2) is 5.78 Å². The number of esters is 1. The number of hydrogen-bond acceptors (Lipinski definition) is 4. The van der Waals surface area contributed by atoms with Gasteiger partial charge in [-0.05, 0) is 24.1 Å². The van der Waals surface area contributed by atoms with Crippen LogP contribution in [-0.2, 0) is 16.0 Å². The zero-order valence-corrected chi connectivity index (χ0v) is 10.4. The van der Waals surface area contributed by atoms with E-state index in [2.05, 4.69) is 0 Å². The summed E-state index contributed by atoms with van der Waals surface area (Å²) >= 11 is 0. The number of hydrogen-bond donors (Lipinski definition) is 0. The topological polar surface area (TPSA) is 52.6 Å². The van der Waals surface area contributed by atoms with Crippen LogP contribution in [0.4, 0.5) is 0 Å². The van der Waals surface area contributed by atoms with Crippen LogP contribution in [0.2, 0.25) is 0 Å². The molecule has 94 valence electrons. The molecule has 0 N–H and O–H groups in total. The Balaban J connectivity index is 2.02. The molecule has 4 heteroatoms. The van der Waals surface area contributed by atoms with Crippen molar-refractivity contribution in [2.75, 3.05) is 7.11 Å². The van der Waals surface area contributed by atoms with Gasteiger partial charge in [-0.25, -0.2) is 4.79 Å². The third-order valence-electron chi connectivity index (χ3n) is 3.77. The fourth-order valence-electron chi connectivity index (χ4n) is 2.56. The van der Waals surface area contributed by atoms with E-state index in [-0.39, 0.29) is 11.7 Å². The number of benzene rings is 1. The van der Waals surface area contributed by atoms with Gasteiger partial charge in [-0.1, -0.05) is 13.0 Å². The maximum Gasteiger partial charge on any atom is 0.351 e. The molecule has 0 unspecified atom stereocenters. The molecule has 0 bridgehead atoms. The monoisotopic (exact) mass is 246 g/mol. The van der Waals surface area contributed by atoms with Crippen LogP contribution in [0, 0.1) is 5.92 Å². The second kappa shape index (κ2) is 3.57. The van der Waals surface area contributed by atoms with Gasteiger partial charge < -0.3 is 9.47 Å². The highest BCUT2D eigenvalue weighted by molar-refractivity contribution is 6.09. The van der Waals surface area contributed by atoms with Crippen LogP contribution in [-0.4, -0.2) is 24.5 Å². The summed E-state index contributed by atoms with van der Waals surface area (Å²) in [5.74, 6) is -0.330. The molecule has 1 aliphatic carbocycles. The van der Waals surface area contributed by atoms with E-state index in [0.29, 0.717) is 17.7 Å². The summed E-state index contributed by atoms with van der Waals surface area (Å²) in [4.78, 5) is 24.0. The predicted molar refractivity (Wildman–Crippen MR) is 63.6 cm³/mol. The minimum atomic E-state index is -1.05. The average molecular weight is 246 g/mol. The summed E-state index contributed by atoms with van der Waals surface area (Å²) in [6.07, 6.45) is 1.29. The number of rotatable bonds is 2. The van der Waals surface area contributed by atoms with E-state index in [9.17, 15) is 9.59 Å². The fourth-order valence-corrected chi connectivity index (χ4v) is 2.56. The molecule has 1 aromatic carbocycles. The second-order valence-electron chi connectivity index (χ2n) is 4.79. The van der Waals surface area contributed by atoms with Crippen molar-refractivity contribution >= 4 is 11.8 Å². The molecule has 0 radical (unpaired) electrons. The number of methoxy groups -OCH3 is 1. The van der Waals surface area contributed by atoms with E-state index in [1.165, 1.54) is 7.11 Å². The van der Waals surface area contributed by atoms with Crippen LogP contribution < -0.4 is 4.74 Å². The van der Waals surface area contributed by atoms with Crippen molar-refractivity contribution in [3.05, 3.63) is 29.3 Å². The van der Waals surface area contributed by atoms with E-state index >= 15 is 0 Å². The lowest BCUT2D eigenvalue weighted by Gasteiger charge is -2.23. The minimum Gasteiger partial charge on any atom is -0.474 e. The highest BCUT2D eigenvalue weighted by Gasteiger charge is 2.70. The second-order valence-corrected chi connectivity index (χ2v) is 4.79. The highest BCUT2D eigenvalue weighted by atomic mass is 16.6. The third kappa shape index (κ3) is 1.32. The first kappa shape index (κ1) is 11.3. The Morgan fingerprint density at radius 3 is 3.00 bits per heavy atom. The summed E-state index contributed by atoms with van der Waals surface area (Å²) < 4.78 is 10.4. The molecule has 0 spiro atoms. The predicted octanol–water partition coefficient (Wildman–Crippen LogP) is 1.76. The van der Waals surface area contributed by atoms with Gasteiger partial charge in [-0.3, -0.25) is 4.79 Å². The molecular weight excluding hydrogens is 232 g/mol. The molecule has 1 heterocycles. The van der Waals surface area contributed by atoms with Crippen LogP contribution >= 0.6 is 0 Å². The van der Waals surface area contributed by atoms with E-state index in [4.69, 9.17) is 9.47 Å². The lowest BCUT2D eigenvalue weighted by atomic mass is 9.98. The molecule has 1 saturated carbocycles. The maximum absolute atomic E-state index is 12.3. The SMILES string of the molecule is CCc1ccc2c(c1)C(=O)[C@H]1C[C@]1(C(=O)OC)O2. The van der Waals surface area contributed by atoms with Crippen LogP contribution in [0.5, 0.6) is 5.75 Å². The highest BCUT2D eigenvalue weighted by Crippen LogP contribution is 2.54. The normalized spacial score (nSPS) is 27.9. The van der Waals surface area contributed by atoms with Gasteiger partial charge >= 0.3 is 5.97 Å². The molecule has 18 heavy (non-hydrogen) atoms. The van der Waals surface area contributed by atoms with Crippen molar-refractivity contribution in [2.24, 2.45) is 5.92 Å². The molecule has 2 aliphatic rings. The van der Waals surface area contributed by atoms with Crippen molar-refractivity contribution in [1.82, 2.24) is 0 Å². The van der Waals surface area contributed by atoms with Crippen molar-refractivity contribution in [1.29, 1.82) is 0 Å². The number of ether oxygens (including phenoxy) is 2.